The van der Waals surface area contributed by atoms with Crippen molar-refractivity contribution >= 4 is 41.5 Å². The Balaban J connectivity index is 0.00000161. The summed E-state index contributed by atoms with van der Waals surface area (Å²) in [6, 6.07) is 5.97. The molecule has 1 aliphatic heterocycles. The second-order valence-electron chi connectivity index (χ2n) is 5.71. The fourth-order valence-electron chi connectivity index (χ4n) is 2.96. The monoisotopic (exact) mass is 348 g/mol. The van der Waals surface area contributed by atoms with Crippen molar-refractivity contribution in [3.8, 4) is 0 Å². The van der Waals surface area contributed by atoms with Gasteiger partial charge in [0.1, 0.15) is 0 Å². The van der Waals surface area contributed by atoms with Crippen molar-refractivity contribution in [3.05, 3.63) is 33.8 Å². The van der Waals surface area contributed by atoms with Gasteiger partial charge in [0.25, 0.3) is 0 Å². The summed E-state index contributed by atoms with van der Waals surface area (Å²) in [4.78, 5) is 14.6. The lowest BCUT2D eigenvalue weighted by Gasteiger charge is -2.34. The highest BCUT2D eigenvalue weighted by molar-refractivity contribution is 6.42. The molecule has 1 aromatic rings. The van der Waals surface area contributed by atoms with E-state index in [0.29, 0.717) is 16.0 Å². The summed E-state index contributed by atoms with van der Waals surface area (Å²) in [5.41, 5.74) is 1.13. The number of benzene rings is 1. The van der Waals surface area contributed by atoms with Gasteiger partial charge >= 0.3 is 0 Å². The predicted octanol–water partition coefficient (Wildman–Crippen LogP) is 3.34. The molecule has 0 spiro atoms. The van der Waals surface area contributed by atoms with E-state index >= 15 is 0 Å². The zero-order valence-corrected chi connectivity index (χ0v) is 14.1. The van der Waals surface area contributed by atoms with Gasteiger partial charge in [0, 0.05) is 31.6 Å². The first-order valence-electron chi connectivity index (χ1n) is 7.04. The Morgan fingerprint density at radius 2 is 2.10 bits per heavy atom. The topological polar surface area (TPSA) is 32.3 Å². The van der Waals surface area contributed by atoms with Crippen molar-refractivity contribution < 1.29 is 4.79 Å². The maximum atomic E-state index is 12.5. The summed E-state index contributed by atoms with van der Waals surface area (Å²) in [5.74, 6) is 0.710. The van der Waals surface area contributed by atoms with Gasteiger partial charge in [-0.1, -0.05) is 29.3 Å². The molecule has 2 fully saturated rings. The molecule has 1 N–H and O–H groups in total. The van der Waals surface area contributed by atoms with Crippen molar-refractivity contribution in [1.82, 2.24) is 10.2 Å². The Hall–Kier alpha value is -0.480. The highest BCUT2D eigenvalue weighted by Crippen LogP contribution is 2.49. The van der Waals surface area contributed by atoms with Crippen molar-refractivity contribution in [2.24, 2.45) is 5.92 Å². The van der Waals surface area contributed by atoms with Gasteiger partial charge in [-0.15, -0.1) is 12.4 Å². The summed E-state index contributed by atoms with van der Waals surface area (Å²) < 4.78 is 0. The van der Waals surface area contributed by atoms with Gasteiger partial charge in [-0.25, -0.2) is 0 Å². The van der Waals surface area contributed by atoms with Crippen molar-refractivity contribution in [2.45, 2.75) is 25.3 Å². The molecule has 1 amide bonds. The summed E-state index contributed by atoms with van der Waals surface area (Å²) >= 11 is 12.0. The molecule has 2 aliphatic rings. The first-order chi connectivity index (χ1) is 9.58. The Morgan fingerprint density at radius 3 is 2.76 bits per heavy atom. The van der Waals surface area contributed by atoms with Gasteiger partial charge in [-0.3, -0.25) is 4.79 Å². The van der Waals surface area contributed by atoms with E-state index in [1.165, 1.54) is 0 Å². The second kappa shape index (κ2) is 6.74. The zero-order valence-electron chi connectivity index (χ0n) is 11.8. The number of nitrogens with zero attached hydrogens (tertiary/aromatic N) is 1. The highest BCUT2D eigenvalue weighted by Gasteiger charge is 2.46. The van der Waals surface area contributed by atoms with Gasteiger partial charge in [0.2, 0.25) is 5.91 Å². The summed E-state index contributed by atoms with van der Waals surface area (Å²) in [7, 11) is 0. The van der Waals surface area contributed by atoms with E-state index in [-0.39, 0.29) is 30.3 Å². The van der Waals surface area contributed by atoms with E-state index < -0.39 is 0 Å². The third kappa shape index (κ3) is 3.48. The summed E-state index contributed by atoms with van der Waals surface area (Å²) in [6.45, 7) is 4.68. The van der Waals surface area contributed by atoms with Gasteiger partial charge < -0.3 is 10.2 Å². The molecular formula is C15H19Cl3N2O. The van der Waals surface area contributed by atoms with E-state index in [2.05, 4.69) is 12.2 Å². The number of amides is 1. The van der Waals surface area contributed by atoms with Crippen LogP contribution in [-0.4, -0.2) is 36.5 Å². The Kier molecular flexibility index (Phi) is 5.42. The van der Waals surface area contributed by atoms with Crippen LogP contribution < -0.4 is 5.32 Å². The second-order valence-corrected chi connectivity index (χ2v) is 6.52. The van der Waals surface area contributed by atoms with Gasteiger partial charge in [-0.05, 0) is 37.0 Å². The van der Waals surface area contributed by atoms with Crippen molar-refractivity contribution in [3.63, 3.8) is 0 Å². The minimum absolute atomic E-state index is 0. The Labute approximate surface area is 141 Å². The molecule has 0 radical (unpaired) electrons. The van der Waals surface area contributed by atoms with Crippen LogP contribution in [0.25, 0.3) is 0 Å². The van der Waals surface area contributed by atoms with Crippen LogP contribution in [0.1, 0.15) is 24.8 Å². The Bertz CT molecular complexity index is 538. The highest BCUT2D eigenvalue weighted by atomic mass is 35.5. The zero-order chi connectivity index (χ0) is 14.3. The van der Waals surface area contributed by atoms with Crippen LogP contribution in [0.15, 0.2) is 18.2 Å². The third-order valence-corrected chi connectivity index (χ3v) is 5.00. The van der Waals surface area contributed by atoms with Crippen LogP contribution in [0.4, 0.5) is 0 Å². The van der Waals surface area contributed by atoms with E-state index in [0.717, 1.165) is 31.6 Å². The molecule has 3 rings (SSSR count). The minimum Gasteiger partial charge on any atom is -0.337 e. The van der Waals surface area contributed by atoms with E-state index in [4.69, 9.17) is 23.2 Å². The number of carbonyl (C=O) groups is 1. The number of carbonyl (C=O) groups excluding carboxylic acids is 1. The lowest BCUT2D eigenvalue weighted by atomic mass is 10.1. The summed E-state index contributed by atoms with van der Waals surface area (Å²) in [5, 5.41) is 4.44. The van der Waals surface area contributed by atoms with Crippen molar-refractivity contribution in [2.75, 3.05) is 19.6 Å². The van der Waals surface area contributed by atoms with Crippen molar-refractivity contribution in [1.29, 1.82) is 0 Å². The molecule has 3 nitrogen and oxygen atoms in total. The standard InChI is InChI=1S/C15H18Cl2N2O.ClH/c1-9-8-18-4-5-19(9)15(20)12-7-11(12)10-2-3-13(16)14(17)6-10;/h2-3,6,9,11-12,18H,4-5,7-8H2,1H3;1H. The number of piperazine rings is 1. The molecule has 0 bridgehead atoms. The van der Waals surface area contributed by atoms with Crippen LogP contribution in [-0.2, 0) is 4.79 Å². The fourth-order valence-corrected chi connectivity index (χ4v) is 3.27. The molecule has 6 heteroatoms. The normalized spacial score (nSPS) is 28.0. The first-order valence-corrected chi connectivity index (χ1v) is 7.79. The minimum atomic E-state index is 0. The van der Waals surface area contributed by atoms with E-state index in [9.17, 15) is 4.79 Å². The fraction of sp³-hybridized carbons (Fsp3) is 0.533. The number of hydrogen-bond donors (Lipinski definition) is 1. The average Bonchev–Trinajstić information content (AvgIpc) is 3.22. The number of hydrogen-bond acceptors (Lipinski definition) is 2. The van der Waals surface area contributed by atoms with Crippen LogP contribution in [0.3, 0.4) is 0 Å². The number of rotatable bonds is 2. The lowest BCUT2D eigenvalue weighted by Crippen LogP contribution is -2.52. The van der Waals surface area contributed by atoms with Gasteiger partial charge in [0.15, 0.2) is 0 Å². The van der Waals surface area contributed by atoms with Crippen LogP contribution in [0.5, 0.6) is 0 Å². The molecule has 1 saturated carbocycles. The lowest BCUT2D eigenvalue weighted by molar-refractivity contribution is -0.135. The van der Waals surface area contributed by atoms with Crippen LogP contribution in [0.2, 0.25) is 10.0 Å². The number of halogens is 3. The SMILES string of the molecule is CC1CNCCN1C(=O)C1CC1c1ccc(Cl)c(Cl)c1.Cl. The molecule has 3 atom stereocenters. The van der Waals surface area contributed by atoms with Gasteiger partial charge in [-0.2, -0.15) is 0 Å². The molecule has 1 aliphatic carbocycles. The molecule has 0 aromatic heterocycles. The molecule has 3 unspecified atom stereocenters. The average molecular weight is 350 g/mol. The van der Waals surface area contributed by atoms with Gasteiger partial charge in [0.05, 0.1) is 10.0 Å². The molecule has 21 heavy (non-hydrogen) atoms. The smallest absolute Gasteiger partial charge is 0.226 e. The first kappa shape index (κ1) is 16.9. The maximum Gasteiger partial charge on any atom is 0.226 e. The molecule has 116 valence electrons. The third-order valence-electron chi connectivity index (χ3n) is 4.26. The van der Waals surface area contributed by atoms with E-state index in [1.54, 1.807) is 0 Å². The Morgan fingerprint density at radius 1 is 1.33 bits per heavy atom. The van der Waals surface area contributed by atoms with Crippen LogP contribution in [0, 0.1) is 5.92 Å². The predicted molar refractivity (Wildman–Crippen MR) is 88.6 cm³/mol. The van der Waals surface area contributed by atoms with E-state index in [1.807, 2.05) is 23.1 Å². The largest absolute Gasteiger partial charge is 0.337 e. The molecular weight excluding hydrogens is 331 g/mol. The summed E-state index contributed by atoms with van der Waals surface area (Å²) in [6.07, 6.45) is 0.924. The number of nitrogens with one attached hydrogen (secondary N) is 1. The van der Waals surface area contributed by atoms with Crippen LogP contribution >= 0.6 is 35.6 Å². The maximum absolute atomic E-state index is 12.5. The molecule has 1 heterocycles. The molecule has 1 saturated heterocycles. The quantitative estimate of drug-likeness (QED) is 0.888. The molecule has 1 aromatic carbocycles.